The van der Waals surface area contributed by atoms with E-state index in [0.29, 0.717) is 24.8 Å². The minimum Gasteiger partial charge on any atom is -0.489 e. The minimum absolute atomic E-state index is 0.0195. The second-order valence-corrected chi connectivity index (χ2v) is 8.74. The fourth-order valence-corrected chi connectivity index (χ4v) is 3.26. The van der Waals surface area contributed by atoms with Gasteiger partial charge in [0.1, 0.15) is 11.6 Å². The monoisotopic (exact) mass is 442 g/mol. The van der Waals surface area contributed by atoms with Crippen LogP contribution in [0.4, 0.5) is 19.3 Å². The van der Waals surface area contributed by atoms with Gasteiger partial charge in [0.05, 0.1) is 6.61 Å². The molecule has 0 bridgehead atoms. The first-order valence-corrected chi connectivity index (χ1v) is 10.2. The number of carbonyl (C=O) groups excluding carboxylic acids is 1. The van der Waals surface area contributed by atoms with Crippen molar-refractivity contribution in [2.45, 2.75) is 51.9 Å². The Morgan fingerprint density at radius 3 is 2.48 bits per heavy atom. The smallest absolute Gasteiger partial charge is 0.411 e. The Bertz CT molecular complexity index is 810. The second-order valence-electron chi connectivity index (χ2n) is 8.74. The van der Waals surface area contributed by atoms with E-state index in [9.17, 15) is 23.5 Å². The Balaban J connectivity index is 1.76. The van der Waals surface area contributed by atoms with Gasteiger partial charge in [-0.3, -0.25) is 4.90 Å². The van der Waals surface area contributed by atoms with Crippen molar-refractivity contribution >= 4 is 17.7 Å². The summed E-state index contributed by atoms with van der Waals surface area (Å²) in [6.07, 6.45) is 1.39. The predicted octanol–water partition coefficient (Wildman–Crippen LogP) is 3.59. The lowest BCUT2D eigenvalue weighted by Crippen LogP contribution is -2.59. The molecule has 1 saturated carbocycles. The highest BCUT2D eigenvalue weighted by Gasteiger charge is 2.38. The van der Waals surface area contributed by atoms with Crippen molar-refractivity contribution in [3.05, 3.63) is 18.2 Å². The molecule has 1 aromatic carbocycles. The summed E-state index contributed by atoms with van der Waals surface area (Å²) in [6.45, 7) is 3.07. The van der Waals surface area contributed by atoms with E-state index in [-0.39, 0.29) is 24.6 Å². The van der Waals surface area contributed by atoms with E-state index in [0.717, 1.165) is 12.8 Å². The Hall–Kier alpha value is -2.78. The van der Waals surface area contributed by atoms with Gasteiger partial charge in [-0.2, -0.15) is 8.78 Å². The summed E-state index contributed by atoms with van der Waals surface area (Å²) >= 11 is 0. The molecule has 0 radical (unpaired) electrons. The fraction of sp³-hybridized carbons (Fsp3) is 0.619. The molecule has 172 valence electrons. The van der Waals surface area contributed by atoms with Crippen LogP contribution in [0.2, 0.25) is 0 Å². The van der Waals surface area contributed by atoms with Crippen LogP contribution in [0.1, 0.15) is 33.6 Å². The Morgan fingerprint density at radius 1 is 1.19 bits per heavy atom. The number of carbonyl (C=O) groups is 2. The van der Waals surface area contributed by atoms with Gasteiger partial charge in [0.2, 0.25) is 0 Å². The molecule has 1 aliphatic carbocycles. The second kappa shape index (κ2) is 9.15. The molecule has 2 aliphatic rings. The summed E-state index contributed by atoms with van der Waals surface area (Å²) in [5.41, 5.74) is -0.145. The minimum atomic E-state index is -2.98. The molecule has 3 rings (SSSR count). The number of amides is 1. The van der Waals surface area contributed by atoms with E-state index in [2.05, 4.69) is 4.74 Å². The van der Waals surface area contributed by atoms with E-state index in [4.69, 9.17) is 9.47 Å². The molecule has 0 spiro atoms. The molecule has 1 atom stereocenters. The standard InChI is InChI=1S/C21H28F2N2O6/c1-21(2,3)31-20(28)25-9-8-24(11-15(25)18(26)27)14-6-7-16(30-19(22)23)17(10-14)29-12-13-4-5-13/h6-7,10,13,15,19H,4-5,8-9,11-12H2,1-3H3,(H,26,27). The van der Waals surface area contributed by atoms with Crippen LogP contribution in [0.25, 0.3) is 0 Å². The molecule has 0 aromatic heterocycles. The lowest BCUT2D eigenvalue weighted by Gasteiger charge is -2.40. The van der Waals surface area contributed by atoms with Crippen molar-refractivity contribution < 1.29 is 37.7 Å². The van der Waals surface area contributed by atoms with E-state index in [1.165, 1.54) is 11.0 Å². The number of hydrogen-bond donors (Lipinski definition) is 1. The highest BCUT2D eigenvalue weighted by Crippen LogP contribution is 2.36. The molecular weight excluding hydrogens is 414 g/mol. The van der Waals surface area contributed by atoms with Crippen molar-refractivity contribution in [2.75, 3.05) is 31.1 Å². The van der Waals surface area contributed by atoms with Crippen molar-refractivity contribution in [1.29, 1.82) is 0 Å². The molecule has 2 fully saturated rings. The summed E-state index contributed by atoms with van der Waals surface area (Å²) < 4.78 is 41.1. The van der Waals surface area contributed by atoms with Gasteiger partial charge < -0.3 is 24.2 Å². The number of hydrogen-bond acceptors (Lipinski definition) is 6. The van der Waals surface area contributed by atoms with Gasteiger partial charge in [0.25, 0.3) is 0 Å². The van der Waals surface area contributed by atoms with Crippen molar-refractivity contribution in [3.8, 4) is 11.5 Å². The van der Waals surface area contributed by atoms with Crippen LogP contribution < -0.4 is 14.4 Å². The molecule has 31 heavy (non-hydrogen) atoms. The average molecular weight is 442 g/mol. The maximum absolute atomic E-state index is 12.7. The largest absolute Gasteiger partial charge is 0.489 e. The number of halogens is 2. The zero-order valence-corrected chi connectivity index (χ0v) is 17.8. The van der Waals surface area contributed by atoms with E-state index in [1.807, 2.05) is 0 Å². The summed E-state index contributed by atoms with van der Waals surface area (Å²) in [7, 11) is 0. The van der Waals surface area contributed by atoms with E-state index >= 15 is 0 Å². The average Bonchev–Trinajstić information content (AvgIpc) is 3.49. The number of anilines is 1. The third-order valence-electron chi connectivity index (χ3n) is 4.97. The quantitative estimate of drug-likeness (QED) is 0.690. The van der Waals surface area contributed by atoms with Crippen LogP contribution >= 0.6 is 0 Å². The Labute approximate surface area is 179 Å². The highest BCUT2D eigenvalue weighted by molar-refractivity contribution is 5.81. The number of nitrogens with zero attached hydrogens (tertiary/aromatic N) is 2. The molecule has 1 N–H and O–H groups in total. The number of rotatable bonds is 7. The first-order chi connectivity index (χ1) is 14.5. The van der Waals surface area contributed by atoms with E-state index < -0.39 is 30.3 Å². The summed E-state index contributed by atoms with van der Waals surface area (Å²) in [5.74, 6) is -0.622. The highest BCUT2D eigenvalue weighted by atomic mass is 19.3. The maximum Gasteiger partial charge on any atom is 0.411 e. The molecule has 1 heterocycles. The molecule has 8 nitrogen and oxygen atoms in total. The third-order valence-corrected chi connectivity index (χ3v) is 4.97. The lowest BCUT2D eigenvalue weighted by atomic mass is 10.1. The molecular formula is C21H28F2N2O6. The topological polar surface area (TPSA) is 88.5 Å². The third kappa shape index (κ3) is 6.35. The summed E-state index contributed by atoms with van der Waals surface area (Å²) in [6, 6.07) is 3.42. The van der Waals surface area contributed by atoms with Crippen LogP contribution in [0.15, 0.2) is 18.2 Å². The number of alkyl halides is 2. The van der Waals surface area contributed by atoms with E-state index in [1.54, 1.807) is 37.8 Å². The molecule has 1 amide bonds. The summed E-state index contributed by atoms with van der Waals surface area (Å²) in [5, 5.41) is 9.67. The molecule has 1 aliphatic heterocycles. The van der Waals surface area contributed by atoms with Crippen molar-refractivity contribution in [3.63, 3.8) is 0 Å². The maximum atomic E-state index is 12.7. The number of aliphatic carboxylic acids is 1. The number of ether oxygens (including phenoxy) is 3. The number of carboxylic acid groups (broad SMARTS) is 1. The zero-order valence-electron chi connectivity index (χ0n) is 17.8. The van der Waals surface area contributed by atoms with Gasteiger partial charge in [0, 0.05) is 31.4 Å². The van der Waals surface area contributed by atoms with Crippen LogP contribution in [0, 0.1) is 5.92 Å². The first-order valence-electron chi connectivity index (χ1n) is 10.2. The Morgan fingerprint density at radius 2 is 1.90 bits per heavy atom. The van der Waals surface area contributed by atoms with Gasteiger partial charge in [0.15, 0.2) is 11.5 Å². The zero-order chi connectivity index (χ0) is 22.8. The van der Waals surface area contributed by atoms with Gasteiger partial charge in [-0.15, -0.1) is 0 Å². The van der Waals surface area contributed by atoms with Crippen molar-refractivity contribution in [2.24, 2.45) is 5.92 Å². The fourth-order valence-electron chi connectivity index (χ4n) is 3.26. The summed E-state index contributed by atoms with van der Waals surface area (Å²) in [4.78, 5) is 27.2. The number of benzene rings is 1. The molecule has 10 heteroatoms. The van der Waals surface area contributed by atoms with Crippen LogP contribution in [0.5, 0.6) is 11.5 Å². The predicted molar refractivity (Wildman–Crippen MR) is 108 cm³/mol. The number of piperazine rings is 1. The van der Waals surface area contributed by atoms with Gasteiger partial charge >= 0.3 is 18.7 Å². The SMILES string of the molecule is CC(C)(C)OC(=O)N1CCN(c2ccc(OC(F)F)c(OCC3CC3)c2)CC1C(=O)O. The number of carboxylic acids is 1. The molecule has 1 saturated heterocycles. The van der Waals surface area contributed by atoms with Crippen LogP contribution in [0.3, 0.4) is 0 Å². The van der Waals surface area contributed by atoms with Crippen molar-refractivity contribution in [1.82, 2.24) is 4.90 Å². The van der Waals surface area contributed by atoms with Crippen LogP contribution in [-0.4, -0.2) is 66.6 Å². The van der Waals surface area contributed by atoms with Gasteiger partial charge in [-0.05, 0) is 51.7 Å². The normalized spacial score (nSPS) is 19.4. The van der Waals surface area contributed by atoms with Gasteiger partial charge in [-0.25, -0.2) is 9.59 Å². The lowest BCUT2D eigenvalue weighted by molar-refractivity contribution is -0.143. The molecule has 1 aromatic rings. The van der Waals surface area contributed by atoms with Gasteiger partial charge in [-0.1, -0.05) is 0 Å². The first kappa shape index (κ1) is 22.9. The molecule has 1 unspecified atom stereocenters. The Kier molecular flexibility index (Phi) is 6.76. The van der Waals surface area contributed by atoms with Crippen LogP contribution in [-0.2, 0) is 9.53 Å².